The zero-order chi connectivity index (χ0) is 15.6. The molecule has 2 fully saturated rings. The third-order valence-electron chi connectivity index (χ3n) is 4.42. The van der Waals surface area contributed by atoms with Crippen LogP contribution in [0, 0.1) is 0 Å². The molecule has 3 rings (SSSR count). The summed E-state index contributed by atoms with van der Waals surface area (Å²) in [4.78, 5) is 2.22. The minimum absolute atomic E-state index is 0.103. The van der Waals surface area contributed by atoms with Crippen LogP contribution in [-0.2, 0) is 14.9 Å². The lowest BCUT2D eigenvalue weighted by Crippen LogP contribution is -2.55. The number of nitrogens with zero attached hydrogens (tertiary/aromatic N) is 3. The van der Waals surface area contributed by atoms with Crippen molar-refractivity contribution >= 4 is 10.2 Å². The van der Waals surface area contributed by atoms with Crippen LogP contribution < -0.4 is 0 Å². The van der Waals surface area contributed by atoms with Gasteiger partial charge in [-0.15, -0.1) is 0 Å². The first kappa shape index (κ1) is 15.9. The number of likely N-dealkylation sites (N-methyl/N-ethyl adjacent to an activating group) is 1. The maximum Gasteiger partial charge on any atom is 0.282 e. The summed E-state index contributed by atoms with van der Waals surface area (Å²) in [7, 11) is -1.34. The van der Waals surface area contributed by atoms with E-state index in [1.165, 1.54) is 0 Å². The average Bonchev–Trinajstić information content (AvgIpc) is 2.57. The van der Waals surface area contributed by atoms with Crippen molar-refractivity contribution in [1.29, 1.82) is 0 Å². The van der Waals surface area contributed by atoms with E-state index in [-0.39, 0.29) is 6.04 Å². The summed E-state index contributed by atoms with van der Waals surface area (Å²) in [6.07, 6.45) is 0. The predicted octanol–water partition coefficient (Wildman–Crippen LogP) is 0.552. The van der Waals surface area contributed by atoms with Crippen LogP contribution in [-0.4, -0.2) is 74.9 Å². The highest BCUT2D eigenvalue weighted by atomic mass is 32.2. The Morgan fingerprint density at radius 2 is 1.68 bits per heavy atom. The van der Waals surface area contributed by atoms with Gasteiger partial charge in [0.15, 0.2) is 0 Å². The lowest BCUT2D eigenvalue weighted by molar-refractivity contribution is 0.0669. The zero-order valence-electron chi connectivity index (χ0n) is 12.9. The molecule has 2 heterocycles. The summed E-state index contributed by atoms with van der Waals surface area (Å²) in [6.45, 7) is 3.64. The molecule has 0 N–H and O–H groups in total. The summed E-state index contributed by atoms with van der Waals surface area (Å²) >= 11 is 0. The fourth-order valence-corrected chi connectivity index (χ4v) is 4.61. The first-order valence-corrected chi connectivity index (χ1v) is 9.07. The van der Waals surface area contributed by atoms with E-state index in [4.69, 9.17) is 4.74 Å². The molecule has 0 aromatic heterocycles. The van der Waals surface area contributed by atoms with Crippen molar-refractivity contribution in [2.45, 2.75) is 6.04 Å². The highest BCUT2D eigenvalue weighted by Crippen LogP contribution is 2.26. The van der Waals surface area contributed by atoms with Crippen LogP contribution in [0.25, 0.3) is 0 Å². The van der Waals surface area contributed by atoms with Gasteiger partial charge in [-0.2, -0.15) is 17.0 Å². The maximum atomic E-state index is 12.8. The first-order valence-electron chi connectivity index (χ1n) is 7.67. The molecule has 0 amide bonds. The molecule has 0 aliphatic carbocycles. The maximum absolute atomic E-state index is 12.8. The predicted molar refractivity (Wildman–Crippen MR) is 84.7 cm³/mol. The smallest absolute Gasteiger partial charge is 0.282 e. The molecule has 0 spiro atoms. The Labute approximate surface area is 132 Å². The summed E-state index contributed by atoms with van der Waals surface area (Å²) in [5.41, 5.74) is 1.16. The van der Waals surface area contributed by atoms with Crippen LogP contribution in [0.4, 0.5) is 0 Å². The molecule has 1 atom stereocenters. The van der Waals surface area contributed by atoms with E-state index in [1.54, 1.807) is 8.61 Å². The third kappa shape index (κ3) is 3.18. The van der Waals surface area contributed by atoms with Crippen molar-refractivity contribution in [2.24, 2.45) is 0 Å². The Hall–Kier alpha value is -0.990. The first-order chi connectivity index (χ1) is 10.6. The molecule has 122 valence electrons. The van der Waals surface area contributed by atoms with Gasteiger partial charge in [0, 0.05) is 38.8 Å². The van der Waals surface area contributed by atoms with E-state index in [9.17, 15) is 8.42 Å². The van der Waals surface area contributed by atoms with Crippen LogP contribution in [0.3, 0.4) is 0 Å². The molecule has 1 aromatic carbocycles. The van der Waals surface area contributed by atoms with Crippen LogP contribution in [0.15, 0.2) is 30.3 Å². The number of rotatable bonds is 3. The van der Waals surface area contributed by atoms with Crippen molar-refractivity contribution in [3.05, 3.63) is 35.9 Å². The van der Waals surface area contributed by atoms with Crippen molar-refractivity contribution in [2.75, 3.05) is 53.0 Å². The summed E-state index contributed by atoms with van der Waals surface area (Å²) in [5, 5.41) is 0. The normalized spacial score (nSPS) is 26.1. The van der Waals surface area contributed by atoms with Crippen LogP contribution in [0.5, 0.6) is 0 Å². The molecule has 1 aromatic rings. The molecule has 2 aliphatic heterocycles. The fourth-order valence-electron chi connectivity index (χ4n) is 3.03. The summed E-state index contributed by atoms with van der Waals surface area (Å²) in [5.74, 6) is 0. The molecule has 2 saturated heterocycles. The van der Waals surface area contributed by atoms with Gasteiger partial charge in [0.25, 0.3) is 10.2 Å². The Kier molecular flexibility index (Phi) is 4.79. The standard InChI is InChI=1S/C15H23N3O3S/c1-16-7-8-18(13-15(16)14-5-3-2-4-6-14)22(19,20)17-9-11-21-12-10-17/h2-6,15H,7-13H2,1H3/t15-/m0/s1. The molecular formula is C15H23N3O3S. The number of ether oxygens (including phenoxy) is 1. The van der Waals surface area contributed by atoms with Gasteiger partial charge < -0.3 is 4.74 Å². The molecule has 2 aliphatic rings. The number of hydrogen-bond donors (Lipinski definition) is 0. The van der Waals surface area contributed by atoms with Gasteiger partial charge in [-0.05, 0) is 12.6 Å². The van der Waals surface area contributed by atoms with Gasteiger partial charge in [-0.3, -0.25) is 4.90 Å². The van der Waals surface area contributed by atoms with Gasteiger partial charge in [-0.1, -0.05) is 30.3 Å². The van der Waals surface area contributed by atoms with E-state index in [0.717, 1.165) is 12.1 Å². The largest absolute Gasteiger partial charge is 0.379 e. The molecular weight excluding hydrogens is 302 g/mol. The number of piperazine rings is 1. The highest BCUT2D eigenvalue weighted by molar-refractivity contribution is 7.86. The van der Waals surface area contributed by atoms with Crippen molar-refractivity contribution in [1.82, 2.24) is 13.5 Å². The summed E-state index contributed by atoms with van der Waals surface area (Å²) in [6, 6.07) is 10.2. The number of hydrogen-bond acceptors (Lipinski definition) is 4. The van der Waals surface area contributed by atoms with Gasteiger partial charge in [0.05, 0.1) is 13.2 Å². The fraction of sp³-hybridized carbons (Fsp3) is 0.600. The SMILES string of the molecule is CN1CCN(S(=O)(=O)N2CCOCC2)C[C@H]1c1ccccc1. The van der Waals surface area contributed by atoms with Crippen molar-refractivity contribution in [3.63, 3.8) is 0 Å². The Morgan fingerprint density at radius 3 is 2.36 bits per heavy atom. The van der Waals surface area contributed by atoms with E-state index in [0.29, 0.717) is 39.4 Å². The minimum atomic E-state index is -3.39. The lowest BCUT2D eigenvalue weighted by Gasteiger charge is -2.41. The van der Waals surface area contributed by atoms with E-state index < -0.39 is 10.2 Å². The monoisotopic (exact) mass is 325 g/mol. The van der Waals surface area contributed by atoms with Gasteiger partial charge in [-0.25, -0.2) is 0 Å². The quantitative estimate of drug-likeness (QED) is 0.814. The van der Waals surface area contributed by atoms with Crippen LogP contribution in [0.1, 0.15) is 11.6 Å². The topological polar surface area (TPSA) is 53.1 Å². The van der Waals surface area contributed by atoms with Gasteiger partial charge >= 0.3 is 0 Å². The molecule has 6 nitrogen and oxygen atoms in total. The highest BCUT2D eigenvalue weighted by Gasteiger charge is 2.36. The molecule has 0 bridgehead atoms. The molecule has 7 heteroatoms. The number of morpholine rings is 1. The summed E-state index contributed by atoms with van der Waals surface area (Å²) < 4.78 is 34.0. The number of benzene rings is 1. The Morgan fingerprint density at radius 1 is 1.00 bits per heavy atom. The second-order valence-electron chi connectivity index (χ2n) is 5.78. The molecule has 0 radical (unpaired) electrons. The molecule has 0 saturated carbocycles. The minimum Gasteiger partial charge on any atom is -0.379 e. The second-order valence-corrected chi connectivity index (χ2v) is 7.71. The third-order valence-corrected chi connectivity index (χ3v) is 6.42. The Bertz CT molecular complexity index is 587. The van der Waals surface area contributed by atoms with Crippen LogP contribution >= 0.6 is 0 Å². The van der Waals surface area contributed by atoms with Crippen molar-refractivity contribution < 1.29 is 13.2 Å². The molecule has 22 heavy (non-hydrogen) atoms. The molecule has 0 unspecified atom stereocenters. The second kappa shape index (κ2) is 6.64. The van der Waals surface area contributed by atoms with E-state index >= 15 is 0 Å². The zero-order valence-corrected chi connectivity index (χ0v) is 13.7. The van der Waals surface area contributed by atoms with Crippen LogP contribution in [0.2, 0.25) is 0 Å². The van der Waals surface area contributed by atoms with Gasteiger partial charge in [0.2, 0.25) is 0 Å². The van der Waals surface area contributed by atoms with Gasteiger partial charge in [0.1, 0.15) is 0 Å². The lowest BCUT2D eigenvalue weighted by atomic mass is 10.0. The van der Waals surface area contributed by atoms with E-state index in [2.05, 4.69) is 24.1 Å². The Balaban J connectivity index is 1.77. The average molecular weight is 325 g/mol. The van der Waals surface area contributed by atoms with E-state index in [1.807, 2.05) is 18.2 Å². The van der Waals surface area contributed by atoms with Crippen molar-refractivity contribution in [3.8, 4) is 0 Å².